The summed E-state index contributed by atoms with van der Waals surface area (Å²) in [5.74, 6) is 2.62. The molecular weight excluding hydrogens is 264 g/mol. The normalized spacial score (nSPS) is 17.1. The minimum Gasteiger partial charge on any atom is -0.316 e. The van der Waals surface area contributed by atoms with Crippen molar-refractivity contribution in [3.63, 3.8) is 0 Å². The second kappa shape index (κ2) is 9.43. The molecule has 0 atom stereocenters. The van der Waals surface area contributed by atoms with Gasteiger partial charge in [0.05, 0.1) is 0 Å². The van der Waals surface area contributed by atoms with Gasteiger partial charge in [-0.2, -0.15) is 11.8 Å². The molecule has 1 aliphatic heterocycles. The molecule has 1 N–H and O–H groups in total. The molecule has 2 rings (SSSR count). The standard InChI is InChI=1S/C17H28N2S/c1-2-9-18-10-8-16-6-3-4-7-17(16)15-19-11-5-13-20-14-12-19/h3-4,6-7,18H,2,5,8-15H2,1H3. The van der Waals surface area contributed by atoms with Crippen LogP contribution in [-0.4, -0.2) is 42.6 Å². The topological polar surface area (TPSA) is 15.3 Å². The van der Waals surface area contributed by atoms with Crippen molar-refractivity contribution >= 4 is 11.8 Å². The van der Waals surface area contributed by atoms with Gasteiger partial charge in [-0.1, -0.05) is 31.2 Å². The molecule has 0 aromatic heterocycles. The lowest BCUT2D eigenvalue weighted by molar-refractivity contribution is 0.286. The third kappa shape index (κ3) is 5.47. The van der Waals surface area contributed by atoms with Gasteiger partial charge in [-0.05, 0) is 55.8 Å². The molecule has 1 saturated heterocycles. The zero-order valence-corrected chi connectivity index (χ0v) is 13.6. The van der Waals surface area contributed by atoms with Crippen LogP contribution in [0, 0.1) is 0 Å². The summed E-state index contributed by atoms with van der Waals surface area (Å²) in [5, 5.41) is 3.51. The number of nitrogens with zero attached hydrogens (tertiary/aromatic N) is 1. The van der Waals surface area contributed by atoms with E-state index in [0.29, 0.717) is 0 Å². The number of thioether (sulfide) groups is 1. The van der Waals surface area contributed by atoms with Gasteiger partial charge < -0.3 is 5.32 Å². The number of hydrogen-bond donors (Lipinski definition) is 1. The quantitative estimate of drug-likeness (QED) is 0.777. The zero-order chi connectivity index (χ0) is 14.0. The Bertz CT molecular complexity index is 373. The van der Waals surface area contributed by atoms with Crippen LogP contribution in [0.2, 0.25) is 0 Å². The van der Waals surface area contributed by atoms with Gasteiger partial charge in [-0.3, -0.25) is 4.90 Å². The SMILES string of the molecule is CCCNCCc1ccccc1CN1CCCSCC1. The molecule has 112 valence electrons. The summed E-state index contributed by atoms with van der Waals surface area (Å²) >= 11 is 2.10. The maximum atomic E-state index is 3.51. The van der Waals surface area contributed by atoms with E-state index in [2.05, 4.69) is 53.2 Å². The van der Waals surface area contributed by atoms with Gasteiger partial charge in [0.1, 0.15) is 0 Å². The second-order valence-corrected chi connectivity index (χ2v) is 6.74. The van der Waals surface area contributed by atoms with Crippen molar-refractivity contribution in [1.82, 2.24) is 10.2 Å². The lowest BCUT2D eigenvalue weighted by Crippen LogP contribution is -2.26. The average Bonchev–Trinajstić information content (AvgIpc) is 2.74. The number of nitrogens with one attached hydrogen (secondary N) is 1. The van der Waals surface area contributed by atoms with E-state index in [1.165, 1.54) is 48.6 Å². The average molecular weight is 292 g/mol. The van der Waals surface area contributed by atoms with Crippen molar-refractivity contribution in [3.05, 3.63) is 35.4 Å². The van der Waals surface area contributed by atoms with Crippen molar-refractivity contribution in [2.24, 2.45) is 0 Å². The van der Waals surface area contributed by atoms with E-state index in [0.717, 1.165) is 26.1 Å². The first-order chi connectivity index (χ1) is 9.90. The van der Waals surface area contributed by atoms with Crippen molar-refractivity contribution in [3.8, 4) is 0 Å². The highest BCUT2D eigenvalue weighted by molar-refractivity contribution is 7.99. The Hall–Kier alpha value is -0.510. The van der Waals surface area contributed by atoms with Crippen LogP contribution in [0.25, 0.3) is 0 Å². The maximum Gasteiger partial charge on any atom is 0.0236 e. The minimum atomic E-state index is 1.10. The predicted molar refractivity (Wildman–Crippen MR) is 90.5 cm³/mol. The Morgan fingerprint density at radius 2 is 1.95 bits per heavy atom. The molecular formula is C17H28N2S. The van der Waals surface area contributed by atoms with E-state index >= 15 is 0 Å². The zero-order valence-electron chi connectivity index (χ0n) is 12.7. The van der Waals surface area contributed by atoms with Gasteiger partial charge in [0.2, 0.25) is 0 Å². The smallest absolute Gasteiger partial charge is 0.0236 e. The van der Waals surface area contributed by atoms with E-state index in [4.69, 9.17) is 0 Å². The molecule has 1 aromatic carbocycles. The Morgan fingerprint density at radius 3 is 2.80 bits per heavy atom. The second-order valence-electron chi connectivity index (χ2n) is 5.51. The van der Waals surface area contributed by atoms with Gasteiger partial charge in [0.15, 0.2) is 0 Å². The molecule has 20 heavy (non-hydrogen) atoms. The summed E-state index contributed by atoms with van der Waals surface area (Å²) in [6.07, 6.45) is 3.71. The van der Waals surface area contributed by atoms with Gasteiger partial charge in [0, 0.05) is 18.8 Å². The van der Waals surface area contributed by atoms with E-state index in [1.54, 1.807) is 0 Å². The highest BCUT2D eigenvalue weighted by Crippen LogP contribution is 2.16. The van der Waals surface area contributed by atoms with Gasteiger partial charge >= 0.3 is 0 Å². The molecule has 3 heteroatoms. The molecule has 0 spiro atoms. The summed E-state index contributed by atoms with van der Waals surface area (Å²) in [4.78, 5) is 2.62. The highest BCUT2D eigenvalue weighted by Gasteiger charge is 2.11. The maximum absolute atomic E-state index is 3.51. The third-order valence-electron chi connectivity index (χ3n) is 3.83. The van der Waals surface area contributed by atoms with Crippen molar-refractivity contribution in [2.45, 2.75) is 32.7 Å². The van der Waals surface area contributed by atoms with E-state index in [-0.39, 0.29) is 0 Å². The molecule has 0 aliphatic carbocycles. The highest BCUT2D eigenvalue weighted by atomic mass is 32.2. The fourth-order valence-electron chi connectivity index (χ4n) is 2.68. The molecule has 0 saturated carbocycles. The first-order valence-electron chi connectivity index (χ1n) is 7.97. The largest absolute Gasteiger partial charge is 0.316 e. The van der Waals surface area contributed by atoms with Crippen LogP contribution in [0.3, 0.4) is 0 Å². The lowest BCUT2D eigenvalue weighted by atomic mass is 10.0. The molecule has 1 heterocycles. The van der Waals surface area contributed by atoms with Crippen LogP contribution in [-0.2, 0) is 13.0 Å². The van der Waals surface area contributed by atoms with Gasteiger partial charge in [-0.15, -0.1) is 0 Å². The van der Waals surface area contributed by atoms with E-state index in [1.807, 2.05) is 0 Å². The van der Waals surface area contributed by atoms with E-state index in [9.17, 15) is 0 Å². The van der Waals surface area contributed by atoms with Gasteiger partial charge in [0.25, 0.3) is 0 Å². The molecule has 0 bridgehead atoms. The first-order valence-corrected chi connectivity index (χ1v) is 9.13. The monoisotopic (exact) mass is 292 g/mol. The Balaban J connectivity index is 1.89. The molecule has 1 aromatic rings. The fourth-order valence-corrected chi connectivity index (χ4v) is 3.60. The summed E-state index contributed by atoms with van der Waals surface area (Å²) < 4.78 is 0. The molecule has 0 amide bonds. The summed E-state index contributed by atoms with van der Waals surface area (Å²) in [7, 11) is 0. The van der Waals surface area contributed by atoms with Crippen LogP contribution >= 0.6 is 11.8 Å². The Kier molecular flexibility index (Phi) is 7.48. The molecule has 2 nitrogen and oxygen atoms in total. The van der Waals surface area contributed by atoms with Gasteiger partial charge in [-0.25, -0.2) is 0 Å². The van der Waals surface area contributed by atoms with Crippen LogP contribution in [0.1, 0.15) is 30.9 Å². The molecule has 0 unspecified atom stereocenters. The first kappa shape index (κ1) is 15.9. The van der Waals surface area contributed by atoms with Crippen LogP contribution in [0.4, 0.5) is 0 Å². The molecule has 1 aliphatic rings. The van der Waals surface area contributed by atoms with Crippen LogP contribution in [0.5, 0.6) is 0 Å². The third-order valence-corrected chi connectivity index (χ3v) is 4.87. The summed E-state index contributed by atoms with van der Waals surface area (Å²) in [6.45, 7) is 8.08. The van der Waals surface area contributed by atoms with Crippen LogP contribution in [0.15, 0.2) is 24.3 Å². The number of hydrogen-bond acceptors (Lipinski definition) is 3. The van der Waals surface area contributed by atoms with Crippen molar-refractivity contribution < 1.29 is 0 Å². The predicted octanol–water partition coefficient (Wildman–Crippen LogP) is 3.17. The van der Waals surface area contributed by atoms with E-state index < -0.39 is 0 Å². The van der Waals surface area contributed by atoms with Crippen molar-refractivity contribution in [1.29, 1.82) is 0 Å². The summed E-state index contributed by atoms with van der Waals surface area (Å²) in [5.41, 5.74) is 3.05. The molecule has 1 fully saturated rings. The Morgan fingerprint density at radius 1 is 1.10 bits per heavy atom. The fraction of sp³-hybridized carbons (Fsp3) is 0.647. The van der Waals surface area contributed by atoms with Crippen molar-refractivity contribution in [2.75, 3.05) is 37.7 Å². The van der Waals surface area contributed by atoms with Crippen LogP contribution < -0.4 is 5.32 Å². The lowest BCUT2D eigenvalue weighted by Gasteiger charge is -2.21. The molecule has 0 radical (unpaired) electrons. The minimum absolute atomic E-state index is 1.10. The number of rotatable bonds is 7. The Labute approximate surface area is 128 Å². The number of benzene rings is 1. The summed E-state index contributed by atoms with van der Waals surface area (Å²) in [6, 6.07) is 8.98.